The minimum atomic E-state index is -1.28. The van der Waals surface area contributed by atoms with Gasteiger partial charge >= 0.3 is 23.9 Å². The Kier molecular flexibility index (Phi) is 8.53. The van der Waals surface area contributed by atoms with Gasteiger partial charge in [-0.05, 0) is 30.7 Å². The molecule has 0 bridgehead atoms. The van der Waals surface area contributed by atoms with Crippen molar-refractivity contribution in [3.63, 3.8) is 0 Å². The fourth-order valence-electron chi connectivity index (χ4n) is 3.86. The lowest BCUT2D eigenvalue weighted by Crippen LogP contribution is -2.34. The van der Waals surface area contributed by atoms with Crippen molar-refractivity contribution in [3.8, 4) is 11.6 Å². The number of rotatable bonds is 13. The van der Waals surface area contributed by atoms with Crippen molar-refractivity contribution in [2.45, 2.75) is 13.5 Å². The van der Waals surface area contributed by atoms with Crippen molar-refractivity contribution in [2.75, 3.05) is 36.0 Å². The fourth-order valence-corrected chi connectivity index (χ4v) is 3.86. The van der Waals surface area contributed by atoms with Crippen molar-refractivity contribution in [3.05, 3.63) is 53.6 Å². The van der Waals surface area contributed by atoms with Crippen LogP contribution < -0.4 is 14.5 Å². The van der Waals surface area contributed by atoms with Crippen molar-refractivity contribution in [2.24, 2.45) is 0 Å². The van der Waals surface area contributed by atoms with Crippen LogP contribution in [0, 0.1) is 6.92 Å². The molecule has 0 saturated heterocycles. The third kappa shape index (κ3) is 6.78. The molecule has 0 aliphatic rings. The summed E-state index contributed by atoms with van der Waals surface area (Å²) in [6, 6.07) is 11.1. The van der Waals surface area contributed by atoms with Gasteiger partial charge in [-0.25, -0.2) is 4.98 Å². The Labute approximate surface area is 215 Å². The van der Waals surface area contributed by atoms with Crippen LogP contribution >= 0.6 is 0 Å². The summed E-state index contributed by atoms with van der Waals surface area (Å²) in [6.07, 6.45) is 0. The molecule has 0 amide bonds. The third-order valence-corrected chi connectivity index (χ3v) is 5.52. The van der Waals surface area contributed by atoms with E-state index in [1.807, 2.05) is 0 Å². The highest BCUT2D eigenvalue weighted by Gasteiger charge is 2.21. The second-order valence-corrected chi connectivity index (χ2v) is 8.30. The summed E-state index contributed by atoms with van der Waals surface area (Å²) in [5.74, 6) is -5.25. The van der Waals surface area contributed by atoms with Gasteiger partial charge in [-0.1, -0.05) is 18.2 Å². The summed E-state index contributed by atoms with van der Waals surface area (Å²) in [5, 5.41) is 48.2. The van der Waals surface area contributed by atoms with E-state index in [9.17, 15) is 34.5 Å². The van der Waals surface area contributed by atoms with Gasteiger partial charge in [0.1, 0.15) is 38.5 Å². The van der Waals surface area contributed by atoms with Gasteiger partial charge in [0.2, 0.25) is 5.88 Å². The number of nitrogens with zero attached hydrogens (tertiary/aromatic N) is 3. The Hall–Kier alpha value is -5.07. The minimum Gasteiger partial charge on any atom is -0.505 e. The van der Waals surface area contributed by atoms with E-state index in [2.05, 4.69) is 4.98 Å². The smallest absolute Gasteiger partial charge is 0.323 e. The summed E-state index contributed by atoms with van der Waals surface area (Å²) >= 11 is 0. The largest absolute Gasteiger partial charge is 0.505 e. The molecule has 2 aromatic carbocycles. The predicted molar refractivity (Wildman–Crippen MR) is 134 cm³/mol. The molecule has 1 aromatic heterocycles. The third-order valence-electron chi connectivity index (χ3n) is 5.52. The fraction of sp³-hybridized carbons (Fsp3) is 0.240. The van der Waals surface area contributed by atoms with Gasteiger partial charge in [0.15, 0.2) is 0 Å². The first-order valence-corrected chi connectivity index (χ1v) is 11.2. The molecule has 13 nitrogen and oxygen atoms in total. The molecule has 5 N–H and O–H groups in total. The predicted octanol–water partition coefficient (Wildman–Crippen LogP) is 1.78. The number of aromatic hydroxyl groups is 1. The summed E-state index contributed by atoms with van der Waals surface area (Å²) in [7, 11) is 0. The van der Waals surface area contributed by atoms with Gasteiger partial charge in [-0.3, -0.25) is 19.2 Å². The molecule has 0 aliphatic carbocycles. The molecule has 0 spiro atoms. The number of ether oxygens (including phenoxy) is 1. The van der Waals surface area contributed by atoms with Crippen LogP contribution in [-0.2, 0) is 25.8 Å². The number of para-hydroxylation sites is 1. The molecule has 13 heteroatoms. The molecular formula is C25H25N3O10. The maximum Gasteiger partial charge on any atom is 0.323 e. The van der Waals surface area contributed by atoms with Crippen LogP contribution in [0.2, 0.25) is 0 Å². The number of pyridine rings is 1. The maximum absolute atomic E-state index is 11.3. The second kappa shape index (κ2) is 11.8. The van der Waals surface area contributed by atoms with Crippen molar-refractivity contribution < 1.29 is 49.4 Å². The van der Waals surface area contributed by atoms with Crippen LogP contribution in [0.25, 0.3) is 10.9 Å². The first kappa shape index (κ1) is 27.5. The zero-order valence-corrected chi connectivity index (χ0v) is 20.2. The highest BCUT2D eigenvalue weighted by Crippen LogP contribution is 2.34. The lowest BCUT2D eigenvalue weighted by molar-refractivity contribution is -0.138. The Balaban J connectivity index is 1.94. The number of benzene rings is 2. The zero-order valence-electron chi connectivity index (χ0n) is 20.2. The van der Waals surface area contributed by atoms with E-state index >= 15 is 0 Å². The normalized spacial score (nSPS) is 10.7. The molecule has 0 atom stereocenters. The number of carboxylic acids is 4. The van der Waals surface area contributed by atoms with Crippen LogP contribution in [0.5, 0.6) is 11.6 Å². The molecule has 0 saturated carbocycles. The Morgan fingerprint density at radius 2 is 1.32 bits per heavy atom. The number of carboxylic acid groups (broad SMARTS) is 4. The summed E-state index contributed by atoms with van der Waals surface area (Å²) in [6.45, 7) is -0.970. The van der Waals surface area contributed by atoms with E-state index in [4.69, 9.17) is 14.9 Å². The van der Waals surface area contributed by atoms with Crippen molar-refractivity contribution >= 4 is 46.2 Å². The lowest BCUT2D eigenvalue weighted by atomic mass is 10.1. The summed E-state index contributed by atoms with van der Waals surface area (Å²) < 4.78 is 5.78. The average Bonchev–Trinajstić information content (AvgIpc) is 2.81. The van der Waals surface area contributed by atoms with E-state index < -0.39 is 50.1 Å². The number of phenolic OH excluding ortho intramolecular Hbond substituents is 1. The monoisotopic (exact) mass is 527 g/mol. The lowest BCUT2D eigenvalue weighted by Gasteiger charge is -2.24. The molecule has 0 aliphatic heterocycles. The number of phenols is 1. The van der Waals surface area contributed by atoms with Gasteiger partial charge in [-0.15, -0.1) is 0 Å². The molecule has 3 aromatic rings. The van der Waals surface area contributed by atoms with Crippen LogP contribution in [0.1, 0.15) is 11.1 Å². The zero-order chi connectivity index (χ0) is 28.0. The Morgan fingerprint density at radius 1 is 0.763 bits per heavy atom. The van der Waals surface area contributed by atoms with Crippen LogP contribution in [0.15, 0.2) is 42.5 Å². The minimum absolute atomic E-state index is 0.00531. The van der Waals surface area contributed by atoms with E-state index in [1.54, 1.807) is 43.3 Å². The molecule has 3 rings (SSSR count). The molecule has 0 unspecified atom stereocenters. The van der Waals surface area contributed by atoms with Crippen LogP contribution in [0.4, 0.5) is 11.4 Å². The number of aliphatic carboxylic acids is 4. The first-order chi connectivity index (χ1) is 18.0. The van der Waals surface area contributed by atoms with Gasteiger partial charge in [-0.2, -0.15) is 0 Å². The highest BCUT2D eigenvalue weighted by molar-refractivity contribution is 5.94. The Morgan fingerprint density at radius 3 is 1.87 bits per heavy atom. The van der Waals surface area contributed by atoms with Gasteiger partial charge in [0.05, 0.1) is 16.9 Å². The molecule has 200 valence electrons. The topological polar surface area (TPSA) is 198 Å². The molecule has 0 fully saturated rings. The van der Waals surface area contributed by atoms with Crippen LogP contribution in [-0.4, -0.2) is 80.6 Å². The number of hydrogen-bond acceptors (Lipinski definition) is 9. The quantitative estimate of drug-likeness (QED) is 0.216. The molecule has 1 heterocycles. The van der Waals surface area contributed by atoms with E-state index in [-0.39, 0.29) is 35.2 Å². The summed E-state index contributed by atoms with van der Waals surface area (Å²) in [5.41, 5.74) is 1.45. The van der Waals surface area contributed by atoms with Crippen molar-refractivity contribution in [1.29, 1.82) is 0 Å². The van der Waals surface area contributed by atoms with E-state index in [0.29, 0.717) is 16.5 Å². The number of aryl methyl sites for hydroxylation is 1. The summed E-state index contributed by atoms with van der Waals surface area (Å²) in [4.78, 5) is 51.6. The van der Waals surface area contributed by atoms with Gasteiger partial charge in [0, 0.05) is 17.0 Å². The highest BCUT2D eigenvalue weighted by atomic mass is 16.5. The van der Waals surface area contributed by atoms with Gasteiger partial charge < -0.3 is 40.1 Å². The molecule has 0 radical (unpaired) electrons. The standard InChI is InChI=1S/C25H25N3O10/c1-14-5-7-18(28(11-22(33)34)12-23(35)36)25(37)16(14)13-38-19-8-6-15-3-2-4-17(24(15)26-19)27(9-20(29)30)10-21(31)32/h2-8,37H,9-13H2,1H3,(H,29,30)(H,31,32)(H,33,34)(H,35,36). The number of fused-ring (bicyclic) bond motifs is 1. The average molecular weight is 527 g/mol. The van der Waals surface area contributed by atoms with Crippen LogP contribution in [0.3, 0.4) is 0 Å². The SMILES string of the molecule is Cc1ccc(N(CC(=O)O)CC(=O)O)c(O)c1COc1ccc2cccc(N(CC(=O)O)CC(=O)O)c2n1. The number of aromatic nitrogens is 1. The van der Waals surface area contributed by atoms with Gasteiger partial charge in [0.25, 0.3) is 0 Å². The second-order valence-electron chi connectivity index (χ2n) is 8.30. The van der Waals surface area contributed by atoms with Crippen molar-refractivity contribution in [1.82, 2.24) is 4.98 Å². The number of hydrogen-bond donors (Lipinski definition) is 5. The van der Waals surface area contributed by atoms with E-state index in [1.165, 1.54) is 6.07 Å². The van der Waals surface area contributed by atoms with E-state index in [0.717, 1.165) is 9.80 Å². The maximum atomic E-state index is 11.3. The molecular weight excluding hydrogens is 502 g/mol. The Bertz CT molecular complexity index is 1360. The molecule has 38 heavy (non-hydrogen) atoms. The number of carbonyl (C=O) groups is 4. The number of anilines is 2. The first-order valence-electron chi connectivity index (χ1n) is 11.2.